The summed E-state index contributed by atoms with van der Waals surface area (Å²) < 4.78 is 24.4. The van der Waals surface area contributed by atoms with E-state index in [1.165, 1.54) is 30.3 Å². The number of carbonyl (C=O) groups is 2. The highest BCUT2D eigenvalue weighted by molar-refractivity contribution is 9.10. The quantitative estimate of drug-likeness (QED) is 0.434. The van der Waals surface area contributed by atoms with Gasteiger partial charge in [0.1, 0.15) is 11.4 Å². The number of carbonyl (C=O) groups excluding carboxylic acids is 2. The summed E-state index contributed by atoms with van der Waals surface area (Å²) in [5, 5.41) is 2.41. The van der Waals surface area contributed by atoms with Crippen molar-refractivity contribution >= 4 is 56.8 Å². The molecule has 2 aromatic rings. The summed E-state index contributed by atoms with van der Waals surface area (Å²) in [4.78, 5) is 26.4. The molecule has 136 valence electrons. The van der Waals surface area contributed by atoms with Crippen LogP contribution in [-0.2, 0) is 9.59 Å². The van der Waals surface area contributed by atoms with E-state index in [1.54, 1.807) is 12.1 Å². The summed E-state index contributed by atoms with van der Waals surface area (Å²) in [6, 6.07) is 8.59. The van der Waals surface area contributed by atoms with E-state index in [4.69, 9.17) is 21.7 Å². The van der Waals surface area contributed by atoms with Crippen molar-refractivity contribution in [3.63, 3.8) is 0 Å². The Hall–Kier alpha value is -2.78. The van der Waals surface area contributed by atoms with Crippen LogP contribution in [-0.4, -0.2) is 23.7 Å². The van der Waals surface area contributed by atoms with Crippen LogP contribution in [0.3, 0.4) is 0 Å². The number of benzene rings is 2. The molecule has 2 aliphatic heterocycles. The Balaban J connectivity index is 1.75. The largest absolute Gasteiger partial charge is 0.454 e. The van der Waals surface area contributed by atoms with Gasteiger partial charge in [-0.15, -0.1) is 0 Å². The van der Waals surface area contributed by atoms with E-state index < -0.39 is 17.6 Å². The predicted molar refractivity (Wildman–Crippen MR) is 103 cm³/mol. The monoisotopic (exact) mass is 448 g/mol. The van der Waals surface area contributed by atoms with Crippen molar-refractivity contribution in [3.8, 4) is 11.5 Å². The zero-order valence-electron chi connectivity index (χ0n) is 13.5. The van der Waals surface area contributed by atoms with Crippen molar-refractivity contribution in [2.24, 2.45) is 0 Å². The van der Waals surface area contributed by atoms with Gasteiger partial charge in [0.2, 0.25) is 6.79 Å². The summed E-state index contributed by atoms with van der Waals surface area (Å²) in [7, 11) is 0. The SMILES string of the molecule is O=C1NC(=S)N(c2ccc(F)cc2)C(=O)/C1=C/c1cc2c(cc1Br)OCO2. The van der Waals surface area contributed by atoms with Gasteiger partial charge in [-0.05, 0) is 60.3 Å². The van der Waals surface area contributed by atoms with Crippen molar-refractivity contribution in [2.75, 3.05) is 11.7 Å². The van der Waals surface area contributed by atoms with Crippen LogP contribution >= 0.6 is 28.1 Å². The zero-order chi connectivity index (χ0) is 19.1. The van der Waals surface area contributed by atoms with Crippen molar-refractivity contribution < 1.29 is 23.5 Å². The lowest BCUT2D eigenvalue weighted by atomic mass is 10.1. The number of hydrogen-bond donors (Lipinski definition) is 1. The molecule has 0 saturated carbocycles. The number of hydrogen-bond acceptors (Lipinski definition) is 5. The molecule has 2 amide bonds. The van der Waals surface area contributed by atoms with Gasteiger partial charge in [0.05, 0.1) is 5.69 Å². The van der Waals surface area contributed by atoms with Crippen LogP contribution in [0.2, 0.25) is 0 Å². The van der Waals surface area contributed by atoms with E-state index in [0.717, 1.165) is 4.90 Å². The third-order valence-corrected chi connectivity index (χ3v) is 4.95. The molecule has 0 bridgehead atoms. The van der Waals surface area contributed by atoms with Crippen LogP contribution in [0.15, 0.2) is 46.4 Å². The van der Waals surface area contributed by atoms with Gasteiger partial charge in [0, 0.05) is 4.47 Å². The molecule has 6 nitrogen and oxygen atoms in total. The van der Waals surface area contributed by atoms with Gasteiger partial charge in [-0.2, -0.15) is 0 Å². The second-order valence-corrected chi connectivity index (χ2v) is 6.90. The third kappa shape index (κ3) is 3.19. The van der Waals surface area contributed by atoms with Gasteiger partial charge in [-0.1, -0.05) is 15.9 Å². The van der Waals surface area contributed by atoms with Crippen molar-refractivity contribution in [3.05, 3.63) is 57.8 Å². The van der Waals surface area contributed by atoms with E-state index in [-0.39, 0.29) is 17.5 Å². The molecule has 9 heteroatoms. The molecule has 1 fully saturated rings. The maximum Gasteiger partial charge on any atom is 0.270 e. The van der Waals surface area contributed by atoms with E-state index in [9.17, 15) is 14.0 Å². The van der Waals surface area contributed by atoms with Crippen molar-refractivity contribution in [1.82, 2.24) is 5.32 Å². The number of fused-ring (bicyclic) bond motifs is 1. The Bertz CT molecular complexity index is 1020. The lowest BCUT2D eigenvalue weighted by molar-refractivity contribution is -0.122. The van der Waals surface area contributed by atoms with Crippen LogP contribution in [0.4, 0.5) is 10.1 Å². The molecule has 0 aromatic heterocycles. The number of thiocarbonyl (C=S) groups is 1. The van der Waals surface area contributed by atoms with Gasteiger partial charge in [0.15, 0.2) is 16.6 Å². The molecule has 4 rings (SSSR count). The normalized spacial score (nSPS) is 17.5. The van der Waals surface area contributed by atoms with Crippen LogP contribution in [0, 0.1) is 5.82 Å². The first-order chi connectivity index (χ1) is 12.9. The van der Waals surface area contributed by atoms with E-state index in [2.05, 4.69) is 21.2 Å². The fourth-order valence-electron chi connectivity index (χ4n) is 2.68. The number of amides is 2. The Morgan fingerprint density at radius 3 is 2.52 bits per heavy atom. The molecule has 0 radical (unpaired) electrons. The topological polar surface area (TPSA) is 67.9 Å². The molecule has 0 aliphatic carbocycles. The summed E-state index contributed by atoms with van der Waals surface area (Å²) in [6.07, 6.45) is 1.43. The Morgan fingerprint density at radius 2 is 1.81 bits per heavy atom. The average Bonchev–Trinajstić information content (AvgIpc) is 3.07. The first-order valence-electron chi connectivity index (χ1n) is 7.70. The molecule has 2 aliphatic rings. The van der Waals surface area contributed by atoms with E-state index in [1.807, 2.05) is 0 Å². The molecule has 0 spiro atoms. The summed E-state index contributed by atoms with van der Waals surface area (Å²) in [5.74, 6) is -0.594. The first kappa shape index (κ1) is 17.6. The summed E-state index contributed by atoms with van der Waals surface area (Å²) >= 11 is 8.50. The minimum absolute atomic E-state index is 0.0708. The summed E-state index contributed by atoms with van der Waals surface area (Å²) in [5.41, 5.74) is 0.791. The van der Waals surface area contributed by atoms with Gasteiger partial charge in [0.25, 0.3) is 11.8 Å². The van der Waals surface area contributed by atoms with Gasteiger partial charge >= 0.3 is 0 Å². The Morgan fingerprint density at radius 1 is 1.15 bits per heavy atom. The van der Waals surface area contributed by atoms with E-state index >= 15 is 0 Å². The number of ether oxygens (including phenoxy) is 2. The Kier molecular flexibility index (Phi) is 4.40. The third-order valence-electron chi connectivity index (χ3n) is 3.98. The number of nitrogens with zero attached hydrogens (tertiary/aromatic N) is 1. The van der Waals surface area contributed by atoms with Gasteiger partial charge in [-0.3, -0.25) is 19.8 Å². The van der Waals surface area contributed by atoms with Crippen LogP contribution in [0.5, 0.6) is 11.5 Å². The van der Waals surface area contributed by atoms with Gasteiger partial charge < -0.3 is 9.47 Å². The number of halogens is 2. The number of anilines is 1. The molecule has 0 unspecified atom stereocenters. The van der Waals surface area contributed by atoms with Crippen molar-refractivity contribution in [2.45, 2.75) is 0 Å². The molecule has 2 heterocycles. The number of rotatable bonds is 2. The average molecular weight is 449 g/mol. The standard InChI is InChI=1S/C18H10BrFN2O4S/c19-13-7-15-14(25-8-26-15)6-9(13)5-12-16(23)21-18(27)22(17(12)24)11-3-1-10(20)2-4-11/h1-7H,8H2,(H,21,23,27)/b12-5+. The lowest BCUT2D eigenvalue weighted by Crippen LogP contribution is -2.54. The minimum atomic E-state index is -0.618. The second kappa shape index (κ2) is 6.75. The lowest BCUT2D eigenvalue weighted by Gasteiger charge is -2.29. The predicted octanol–water partition coefficient (Wildman–Crippen LogP) is 3.15. The highest BCUT2D eigenvalue weighted by Crippen LogP contribution is 2.38. The van der Waals surface area contributed by atoms with E-state index in [0.29, 0.717) is 27.2 Å². The molecule has 1 N–H and O–H groups in total. The maximum absolute atomic E-state index is 13.2. The van der Waals surface area contributed by atoms with Crippen LogP contribution in [0.1, 0.15) is 5.56 Å². The zero-order valence-corrected chi connectivity index (χ0v) is 15.9. The molecule has 0 atom stereocenters. The maximum atomic E-state index is 13.2. The van der Waals surface area contributed by atoms with Crippen LogP contribution < -0.4 is 19.7 Å². The van der Waals surface area contributed by atoms with Crippen molar-refractivity contribution in [1.29, 1.82) is 0 Å². The highest BCUT2D eigenvalue weighted by Gasteiger charge is 2.34. The first-order valence-corrected chi connectivity index (χ1v) is 8.90. The molecular formula is C18H10BrFN2O4S. The van der Waals surface area contributed by atoms with Gasteiger partial charge in [-0.25, -0.2) is 4.39 Å². The fraction of sp³-hybridized carbons (Fsp3) is 0.0556. The Labute approximate surface area is 166 Å². The molecule has 2 aromatic carbocycles. The summed E-state index contributed by atoms with van der Waals surface area (Å²) in [6.45, 7) is 0.105. The fourth-order valence-corrected chi connectivity index (χ4v) is 3.40. The minimum Gasteiger partial charge on any atom is -0.454 e. The van der Waals surface area contributed by atoms with Crippen LogP contribution in [0.25, 0.3) is 6.08 Å². The molecule has 1 saturated heterocycles. The smallest absolute Gasteiger partial charge is 0.270 e. The molecular weight excluding hydrogens is 439 g/mol. The number of nitrogens with one attached hydrogen (secondary N) is 1. The second-order valence-electron chi connectivity index (χ2n) is 5.66. The highest BCUT2D eigenvalue weighted by atomic mass is 79.9. The molecule has 27 heavy (non-hydrogen) atoms.